The Hall–Kier alpha value is -1.66. The van der Waals surface area contributed by atoms with Gasteiger partial charge in [0.2, 0.25) is 6.41 Å². The van der Waals surface area contributed by atoms with E-state index >= 15 is 0 Å². The van der Waals surface area contributed by atoms with Gasteiger partial charge in [-0.05, 0) is 79.6 Å². The minimum absolute atomic E-state index is 0.0610. The van der Waals surface area contributed by atoms with Crippen LogP contribution in [0.2, 0.25) is 0 Å². The molecule has 32 heavy (non-hydrogen) atoms. The molecule has 1 spiro atoms. The standard InChI is InChI=1S/C26H37NO5/c1-4-30-23(29)22(27-16-28)21-8-7-19-18-6-5-17-15-26(31-13-14-32-26)12-11-24(17,2)20(18)9-10-25(19,21)3/h5,16,18-20H,4,6-15H2,1-3H3,(H,27,28)/t18-,19-,20-,24-,25-/m0/s1. The predicted molar refractivity (Wildman–Crippen MR) is 119 cm³/mol. The molecule has 5 rings (SSSR count). The smallest absolute Gasteiger partial charge is 0.354 e. The summed E-state index contributed by atoms with van der Waals surface area (Å²) in [6.45, 7) is 8.33. The third-order valence-electron chi connectivity index (χ3n) is 9.69. The van der Waals surface area contributed by atoms with Crippen molar-refractivity contribution in [3.63, 3.8) is 0 Å². The molecule has 4 aliphatic carbocycles. The average Bonchev–Trinajstić information content (AvgIpc) is 3.37. The van der Waals surface area contributed by atoms with Crippen molar-refractivity contribution in [2.75, 3.05) is 19.8 Å². The van der Waals surface area contributed by atoms with E-state index in [9.17, 15) is 9.59 Å². The lowest BCUT2D eigenvalue weighted by Gasteiger charge is -2.58. The highest BCUT2D eigenvalue weighted by molar-refractivity contribution is 5.91. The molecule has 0 aromatic carbocycles. The molecular weight excluding hydrogens is 406 g/mol. The van der Waals surface area contributed by atoms with E-state index in [1.807, 2.05) is 0 Å². The van der Waals surface area contributed by atoms with Gasteiger partial charge in [-0.1, -0.05) is 25.5 Å². The third-order valence-corrected chi connectivity index (χ3v) is 9.69. The van der Waals surface area contributed by atoms with Gasteiger partial charge in [-0.15, -0.1) is 0 Å². The van der Waals surface area contributed by atoms with Crippen LogP contribution in [0.5, 0.6) is 0 Å². The summed E-state index contributed by atoms with van der Waals surface area (Å²) in [4.78, 5) is 23.9. The number of rotatable bonds is 4. The Balaban J connectivity index is 1.44. The first-order valence-electron chi connectivity index (χ1n) is 12.5. The van der Waals surface area contributed by atoms with Crippen LogP contribution in [0.3, 0.4) is 0 Å². The normalized spacial score (nSPS) is 41.2. The molecule has 176 valence electrons. The van der Waals surface area contributed by atoms with Crippen molar-refractivity contribution in [3.8, 4) is 0 Å². The lowest BCUT2D eigenvalue weighted by Crippen LogP contribution is -2.52. The number of amides is 1. The van der Waals surface area contributed by atoms with Crippen LogP contribution in [0, 0.1) is 28.6 Å². The third kappa shape index (κ3) is 3.20. The van der Waals surface area contributed by atoms with E-state index in [-0.39, 0.29) is 16.6 Å². The lowest BCUT2D eigenvalue weighted by atomic mass is 9.47. The largest absolute Gasteiger partial charge is 0.461 e. The molecule has 0 aromatic rings. The van der Waals surface area contributed by atoms with E-state index in [0.29, 0.717) is 49.7 Å². The van der Waals surface area contributed by atoms with Crippen LogP contribution in [0.15, 0.2) is 22.9 Å². The molecule has 0 radical (unpaired) electrons. The molecule has 6 nitrogen and oxygen atoms in total. The minimum atomic E-state index is -0.398. The summed E-state index contributed by atoms with van der Waals surface area (Å²) < 4.78 is 17.4. The van der Waals surface area contributed by atoms with Gasteiger partial charge < -0.3 is 19.5 Å². The highest BCUT2D eigenvalue weighted by atomic mass is 16.7. The zero-order valence-corrected chi connectivity index (χ0v) is 19.7. The Bertz CT molecular complexity index is 856. The average molecular weight is 444 g/mol. The molecule has 3 saturated carbocycles. The van der Waals surface area contributed by atoms with Crippen molar-refractivity contribution in [1.82, 2.24) is 5.32 Å². The van der Waals surface area contributed by atoms with Gasteiger partial charge in [0, 0.05) is 12.8 Å². The maximum atomic E-state index is 12.6. The fraction of sp³-hybridized carbons (Fsp3) is 0.769. The first-order chi connectivity index (χ1) is 15.4. The second kappa shape index (κ2) is 7.98. The fourth-order valence-corrected chi connectivity index (χ4v) is 8.10. The molecule has 5 aliphatic rings. The van der Waals surface area contributed by atoms with Crippen LogP contribution >= 0.6 is 0 Å². The zero-order valence-electron chi connectivity index (χ0n) is 19.7. The van der Waals surface area contributed by atoms with E-state index in [2.05, 4.69) is 25.2 Å². The summed E-state index contributed by atoms with van der Waals surface area (Å²) in [5, 5.41) is 2.70. The lowest BCUT2D eigenvalue weighted by molar-refractivity contribution is -0.184. The van der Waals surface area contributed by atoms with E-state index in [4.69, 9.17) is 14.2 Å². The molecule has 5 atom stereocenters. The Morgan fingerprint density at radius 1 is 1.16 bits per heavy atom. The van der Waals surface area contributed by atoms with Gasteiger partial charge in [0.15, 0.2) is 5.79 Å². The fourth-order valence-electron chi connectivity index (χ4n) is 8.10. The quantitative estimate of drug-likeness (QED) is 0.304. The van der Waals surface area contributed by atoms with Crippen LogP contribution in [-0.2, 0) is 23.8 Å². The second-order valence-electron chi connectivity index (χ2n) is 10.9. The van der Waals surface area contributed by atoms with Gasteiger partial charge in [-0.3, -0.25) is 4.79 Å². The number of carbonyl (C=O) groups is 2. The molecule has 0 bridgehead atoms. The summed E-state index contributed by atoms with van der Waals surface area (Å²) in [5.74, 6) is 1.02. The highest BCUT2D eigenvalue weighted by Gasteiger charge is 2.59. The number of esters is 1. The van der Waals surface area contributed by atoms with Crippen LogP contribution in [0.1, 0.15) is 72.1 Å². The van der Waals surface area contributed by atoms with E-state index in [1.165, 1.54) is 0 Å². The summed E-state index contributed by atoms with van der Waals surface area (Å²) in [6, 6.07) is 0. The van der Waals surface area contributed by atoms with Crippen LogP contribution in [-0.4, -0.2) is 38.0 Å². The Morgan fingerprint density at radius 2 is 1.91 bits per heavy atom. The SMILES string of the molecule is CCOC(=O)C(NC=O)=C1CC[C@H]2[C@@H]3CC=C4CC5(CC[C@]4(C)[C@H]3CC[C@]12C)OCCO5. The van der Waals surface area contributed by atoms with E-state index in [0.717, 1.165) is 56.9 Å². The first kappa shape index (κ1) is 22.1. The molecule has 1 aliphatic heterocycles. The Morgan fingerprint density at radius 3 is 2.62 bits per heavy atom. The molecule has 4 fully saturated rings. The summed E-state index contributed by atoms with van der Waals surface area (Å²) in [6.07, 6.45) is 11.4. The summed E-state index contributed by atoms with van der Waals surface area (Å²) >= 11 is 0. The second-order valence-corrected chi connectivity index (χ2v) is 10.9. The van der Waals surface area contributed by atoms with Crippen molar-refractivity contribution in [2.24, 2.45) is 28.6 Å². The van der Waals surface area contributed by atoms with E-state index in [1.54, 1.807) is 12.5 Å². The maximum Gasteiger partial charge on any atom is 0.354 e. The summed E-state index contributed by atoms with van der Waals surface area (Å²) in [5.41, 5.74) is 3.18. The number of nitrogens with one attached hydrogen (secondary N) is 1. The summed E-state index contributed by atoms with van der Waals surface area (Å²) in [7, 11) is 0. The molecule has 6 heteroatoms. The molecule has 0 unspecified atom stereocenters. The molecule has 0 aromatic heterocycles. The van der Waals surface area contributed by atoms with E-state index < -0.39 is 5.97 Å². The van der Waals surface area contributed by atoms with Crippen LogP contribution in [0.25, 0.3) is 0 Å². The van der Waals surface area contributed by atoms with Gasteiger partial charge in [0.1, 0.15) is 5.70 Å². The number of carbonyl (C=O) groups excluding carboxylic acids is 2. The predicted octanol–water partition coefficient (Wildman–Crippen LogP) is 4.26. The van der Waals surface area contributed by atoms with Crippen molar-refractivity contribution in [2.45, 2.75) is 77.9 Å². The zero-order chi connectivity index (χ0) is 22.6. The van der Waals surface area contributed by atoms with Crippen molar-refractivity contribution >= 4 is 12.4 Å². The van der Waals surface area contributed by atoms with Crippen molar-refractivity contribution in [3.05, 3.63) is 22.9 Å². The van der Waals surface area contributed by atoms with Crippen LogP contribution < -0.4 is 5.32 Å². The minimum Gasteiger partial charge on any atom is -0.461 e. The molecule has 1 heterocycles. The molecule has 1 saturated heterocycles. The monoisotopic (exact) mass is 443 g/mol. The molecule has 1 amide bonds. The Labute approximate surface area is 191 Å². The van der Waals surface area contributed by atoms with Crippen LogP contribution in [0.4, 0.5) is 0 Å². The van der Waals surface area contributed by atoms with Crippen molar-refractivity contribution in [1.29, 1.82) is 0 Å². The van der Waals surface area contributed by atoms with Crippen molar-refractivity contribution < 1.29 is 23.8 Å². The Kier molecular flexibility index (Phi) is 5.52. The van der Waals surface area contributed by atoms with Gasteiger partial charge >= 0.3 is 5.97 Å². The maximum absolute atomic E-state index is 12.6. The molecular formula is C26H37NO5. The van der Waals surface area contributed by atoms with Gasteiger partial charge in [0.05, 0.1) is 19.8 Å². The van der Waals surface area contributed by atoms with Gasteiger partial charge in [-0.2, -0.15) is 0 Å². The van der Waals surface area contributed by atoms with Gasteiger partial charge in [0.25, 0.3) is 0 Å². The number of ether oxygens (including phenoxy) is 3. The number of allylic oxidation sites excluding steroid dienone is 2. The number of fused-ring (bicyclic) bond motifs is 5. The first-order valence-corrected chi connectivity index (χ1v) is 12.5. The number of hydrogen-bond donors (Lipinski definition) is 1. The van der Waals surface area contributed by atoms with Gasteiger partial charge in [-0.25, -0.2) is 4.79 Å². The topological polar surface area (TPSA) is 73.9 Å². The number of hydrogen-bond acceptors (Lipinski definition) is 5. The molecule has 1 N–H and O–H groups in total. The highest BCUT2D eigenvalue weighted by Crippen LogP contribution is 2.67.